The van der Waals surface area contributed by atoms with E-state index in [-0.39, 0.29) is 37.7 Å². The molecular formula is C27H40N8O7. The minimum absolute atomic E-state index is 0.0352. The van der Waals surface area contributed by atoms with Crippen molar-refractivity contribution < 1.29 is 34.2 Å². The highest BCUT2D eigenvalue weighted by atomic mass is 16.4. The van der Waals surface area contributed by atoms with Gasteiger partial charge >= 0.3 is 11.9 Å². The lowest BCUT2D eigenvalue weighted by molar-refractivity contribution is -0.147. The molecule has 15 nitrogen and oxygen atoms in total. The minimum Gasteiger partial charge on any atom is -0.481 e. The number of fused-ring (bicyclic) bond motifs is 1. The number of nitrogens with one attached hydrogen (secondary N) is 4. The Morgan fingerprint density at radius 3 is 2.17 bits per heavy atom. The summed E-state index contributed by atoms with van der Waals surface area (Å²) in [6.45, 7) is 3.98. The summed E-state index contributed by atoms with van der Waals surface area (Å²) in [6, 6.07) is 2.24. The number of hydrogen-bond donors (Lipinski definition) is 9. The van der Waals surface area contributed by atoms with Crippen molar-refractivity contribution in [3.63, 3.8) is 0 Å². The first kappa shape index (κ1) is 33.5. The monoisotopic (exact) mass is 588 g/mol. The van der Waals surface area contributed by atoms with Gasteiger partial charge in [-0.2, -0.15) is 0 Å². The van der Waals surface area contributed by atoms with Crippen LogP contribution < -0.4 is 33.2 Å². The first-order valence-electron chi connectivity index (χ1n) is 13.5. The standard InChI is InChI=1S/C27H40N8O7/c1-14(2)10-19(33-23(38)17(28)7-5-9-31-27(29)30)24(39)34-20(25(40)35-21(26(41)42)12-22(36)37)11-15-13-32-18-8-4-3-6-16(15)18/h3-4,6,8,13-14,17,19-21,32H,5,7,9-12,28H2,1-2H3,(H,33,38)(H,34,39)(H,35,40)(H,36,37)(H,41,42)(H4,29,30,31). The number of aromatic nitrogens is 1. The Hall–Kier alpha value is -4.66. The number of H-pyrrole nitrogens is 1. The topological polar surface area (TPSA) is 268 Å². The minimum atomic E-state index is -1.72. The van der Waals surface area contributed by atoms with Gasteiger partial charge in [0.1, 0.15) is 18.1 Å². The van der Waals surface area contributed by atoms with Crippen LogP contribution in [0.1, 0.15) is 45.1 Å². The number of carbonyl (C=O) groups is 5. The maximum absolute atomic E-state index is 13.5. The summed E-state index contributed by atoms with van der Waals surface area (Å²) in [5.41, 5.74) is 18.0. The van der Waals surface area contributed by atoms with E-state index in [1.54, 1.807) is 12.3 Å². The third-order valence-electron chi connectivity index (χ3n) is 6.37. The maximum Gasteiger partial charge on any atom is 0.326 e. The Bertz CT molecular complexity index is 1290. The first-order chi connectivity index (χ1) is 19.8. The number of para-hydroxylation sites is 1. The van der Waals surface area contributed by atoms with Crippen LogP contribution >= 0.6 is 0 Å². The fourth-order valence-electron chi connectivity index (χ4n) is 4.28. The van der Waals surface area contributed by atoms with Crippen molar-refractivity contribution in [2.45, 2.75) is 70.1 Å². The first-order valence-corrected chi connectivity index (χ1v) is 13.5. The van der Waals surface area contributed by atoms with Crippen molar-refractivity contribution in [2.24, 2.45) is 28.1 Å². The number of carboxylic acids is 2. The lowest BCUT2D eigenvalue weighted by Gasteiger charge is -2.26. The van der Waals surface area contributed by atoms with Gasteiger partial charge < -0.3 is 48.3 Å². The molecule has 1 aromatic carbocycles. The number of nitrogens with two attached hydrogens (primary N) is 3. The van der Waals surface area contributed by atoms with E-state index < -0.39 is 60.2 Å². The Balaban J connectivity index is 2.26. The lowest BCUT2D eigenvalue weighted by Crippen LogP contribution is -2.58. The smallest absolute Gasteiger partial charge is 0.326 e. The average Bonchev–Trinajstić information content (AvgIpc) is 3.31. The molecule has 0 saturated heterocycles. The molecule has 0 aliphatic carbocycles. The number of aromatic amines is 1. The van der Waals surface area contributed by atoms with Crippen LogP contribution in [0.5, 0.6) is 0 Å². The third-order valence-corrected chi connectivity index (χ3v) is 6.37. The van der Waals surface area contributed by atoms with E-state index in [0.29, 0.717) is 12.0 Å². The predicted octanol–water partition coefficient (Wildman–Crippen LogP) is -0.849. The molecule has 0 radical (unpaired) electrons. The molecule has 0 spiro atoms. The molecule has 230 valence electrons. The highest BCUT2D eigenvalue weighted by molar-refractivity contribution is 5.95. The number of benzene rings is 1. The Morgan fingerprint density at radius 2 is 1.55 bits per heavy atom. The van der Waals surface area contributed by atoms with E-state index >= 15 is 0 Å². The van der Waals surface area contributed by atoms with Crippen LogP contribution in [0.3, 0.4) is 0 Å². The number of hydrogen-bond acceptors (Lipinski definition) is 7. The second kappa shape index (κ2) is 16.0. The number of rotatable bonds is 17. The molecular weight excluding hydrogens is 548 g/mol. The number of amides is 3. The van der Waals surface area contributed by atoms with Crippen LogP contribution in [0, 0.1) is 5.92 Å². The quantitative estimate of drug-likeness (QED) is 0.0627. The second-order valence-electron chi connectivity index (χ2n) is 10.4. The Labute approximate surface area is 242 Å². The lowest BCUT2D eigenvalue weighted by atomic mass is 10.00. The molecule has 12 N–H and O–H groups in total. The maximum atomic E-state index is 13.5. The Morgan fingerprint density at radius 1 is 0.929 bits per heavy atom. The third kappa shape index (κ3) is 10.7. The fraction of sp³-hybridized carbons (Fsp3) is 0.481. The summed E-state index contributed by atoms with van der Waals surface area (Å²) in [5, 5.41) is 26.8. The number of carbonyl (C=O) groups excluding carboxylic acids is 3. The molecule has 4 unspecified atom stereocenters. The Kier molecular flexibility index (Phi) is 12.7. The summed E-state index contributed by atoms with van der Waals surface area (Å²) in [4.78, 5) is 69.2. The van der Waals surface area contributed by atoms with Crippen LogP contribution in [-0.2, 0) is 30.4 Å². The number of aliphatic imine (C=N–C) groups is 1. The van der Waals surface area contributed by atoms with Crippen molar-refractivity contribution in [3.8, 4) is 0 Å². The molecule has 0 aliphatic heterocycles. The largest absolute Gasteiger partial charge is 0.481 e. The van der Waals surface area contributed by atoms with Crippen molar-refractivity contribution >= 4 is 46.5 Å². The van der Waals surface area contributed by atoms with Crippen LogP contribution in [0.4, 0.5) is 0 Å². The van der Waals surface area contributed by atoms with E-state index in [0.717, 1.165) is 10.9 Å². The van der Waals surface area contributed by atoms with Gasteiger partial charge in [-0.15, -0.1) is 0 Å². The van der Waals surface area contributed by atoms with Gasteiger partial charge in [0.25, 0.3) is 0 Å². The van der Waals surface area contributed by atoms with Crippen molar-refractivity contribution in [2.75, 3.05) is 6.54 Å². The molecule has 1 heterocycles. The number of carboxylic acid groups (broad SMARTS) is 2. The van der Waals surface area contributed by atoms with Gasteiger partial charge in [-0.05, 0) is 36.8 Å². The van der Waals surface area contributed by atoms with E-state index in [1.165, 1.54) is 0 Å². The normalized spacial score (nSPS) is 13.9. The number of aliphatic carboxylic acids is 2. The van der Waals surface area contributed by atoms with E-state index in [4.69, 9.17) is 22.3 Å². The van der Waals surface area contributed by atoms with E-state index in [2.05, 4.69) is 25.9 Å². The van der Waals surface area contributed by atoms with Crippen LogP contribution in [-0.4, -0.2) is 81.5 Å². The van der Waals surface area contributed by atoms with Gasteiger partial charge in [0.2, 0.25) is 17.7 Å². The van der Waals surface area contributed by atoms with Gasteiger partial charge in [0, 0.05) is 30.1 Å². The zero-order valence-electron chi connectivity index (χ0n) is 23.6. The van der Waals surface area contributed by atoms with E-state index in [9.17, 15) is 29.1 Å². The highest BCUT2D eigenvalue weighted by Crippen LogP contribution is 2.19. The molecule has 4 atom stereocenters. The van der Waals surface area contributed by atoms with Crippen LogP contribution in [0.25, 0.3) is 10.9 Å². The summed E-state index contributed by atoms with van der Waals surface area (Å²) in [7, 11) is 0. The van der Waals surface area contributed by atoms with Gasteiger partial charge in [-0.1, -0.05) is 32.0 Å². The molecule has 0 aliphatic rings. The predicted molar refractivity (Wildman–Crippen MR) is 155 cm³/mol. The average molecular weight is 589 g/mol. The fourth-order valence-corrected chi connectivity index (χ4v) is 4.28. The highest BCUT2D eigenvalue weighted by Gasteiger charge is 2.32. The number of guanidine groups is 1. The molecule has 15 heteroatoms. The van der Waals surface area contributed by atoms with Gasteiger partial charge in [-0.25, -0.2) is 4.79 Å². The summed E-state index contributed by atoms with van der Waals surface area (Å²) in [6.07, 6.45) is 1.66. The molecule has 42 heavy (non-hydrogen) atoms. The molecule has 0 fully saturated rings. The summed E-state index contributed by atoms with van der Waals surface area (Å²) >= 11 is 0. The zero-order chi connectivity index (χ0) is 31.4. The SMILES string of the molecule is CC(C)CC(NC(=O)C(N)CCCN=C(N)N)C(=O)NC(Cc1c[nH]c2ccccc12)C(=O)NC(CC(=O)O)C(=O)O. The molecule has 0 bridgehead atoms. The van der Waals surface area contributed by atoms with Gasteiger partial charge in [0.15, 0.2) is 5.96 Å². The van der Waals surface area contributed by atoms with Crippen LogP contribution in [0.2, 0.25) is 0 Å². The summed E-state index contributed by atoms with van der Waals surface area (Å²) < 4.78 is 0. The van der Waals surface area contributed by atoms with E-state index in [1.807, 2.05) is 32.0 Å². The van der Waals surface area contributed by atoms with Crippen molar-refractivity contribution in [1.29, 1.82) is 0 Å². The molecule has 2 aromatic rings. The van der Waals surface area contributed by atoms with Crippen molar-refractivity contribution in [1.82, 2.24) is 20.9 Å². The van der Waals surface area contributed by atoms with Crippen molar-refractivity contribution in [3.05, 3.63) is 36.0 Å². The number of nitrogens with zero attached hydrogens (tertiary/aromatic N) is 1. The molecule has 3 amide bonds. The molecule has 0 saturated carbocycles. The summed E-state index contributed by atoms with van der Waals surface area (Å²) in [5.74, 6) is -5.23. The van der Waals surface area contributed by atoms with Gasteiger partial charge in [-0.3, -0.25) is 24.2 Å². The zero-order valence-corrected chi connectivity index (χ0v) is 23.6. The van der Waals surface area contributed by atoms with Crippen LogP contribution in [0.15, 0.2) is 35.5 Å². The molecule has 1 aromatic heterocycles. The second-order valence-corrected chi connectivity index (χ2v) is 10.4. The van der Waals surface area contributed by atoms with Gasteiger partial charge in [0.05, 0.1) is 12.5 Å². The molecule has 2 rings (SSSR count).